The number of aliphatic hydroxyl groups is 4. The normalized spacial score (nSPS) is 29.6. The van der Waals surface area contributed by atoms with E-state index in [4.69, 9.17) is 11.5 Å². The lowest BCUT2D eigenvalue weighted by atomic mass is 9.52. The second kappa shape index (κ2) is 16.6. The van der Waals surface area contributed by atoms with Gasteiger partial charge in [0.15, 0.2) is 5.78 Å². The lowest BCUT2D eigenvalue weighted by molar-refractivity contribution is -0.169. The highest BCUT2D eigenvalue weighted by Crippen LogP contribution is 2.63. The summed E-state index contributed by atoms with van der Waals surface area (Å²) in [5.74, 6) is -0.663. The van der Waals surface area contributed by atoms with Crippen molar-refractivity contribution < 1.29 is 25.2 Å². The molecule has 8 N–H and O–H groups in total. The van der Waals surface area contributed by atoms with Crippen molar-refractivity contribution in [2.75, 3.05) is 6.61 Å². The molecule has 3 aliphatic rings. The van der Waals surface area contributed by atoms with E-state index in [1.165, 1.54) is 5.57 Å². The number of hydrogen-bond donors (Lipinski definition) is 6. The molecule has 0 saturated heterocycles. The Labute approximate surface area is 294 Å². The quantitative estimate of drug-likeness (QED) is 0.0549. The minimum atomic E-state index is -1.21. The average molecular weight is 675 g/mol. The Bertz CT molecular complexity index is 1460. The molecule has 7 nitrogen and oxygen atoms in total. The molecule has 3 aliphatic carbocycles. The standard InChI is InChI=1S/C42H62N2O5/c1-28(2)11-8-12-29(3)13-9-16-33(27-45)35-18-24-42(38(35)47)36(19-23-41(49)20-6-7-21-41)34(17-22-40(42,5)48)30(4)37(46)26-31-14-10-15-32(25-31)39(43)44/h9-11,13-16,25,35-36,38-39,45,47-49H,3,6-8,12,17-24,26-27,43-44H2,1-2,4-5H3/b13-9+,33-16-,34-30+/t35-,36-,38-,40-,42-/m1/s1. The van der Waals surface area contributed by atoms with E-state index in [0.29, 0.717) is 44.1 Å². The molecule has 0 amide bonds. The summed E-state index contributed by atoms with van der Waals surface area (Å²) in [5.41, 5.74) is 15.1. The van der Waals surface area contributed by atoms with Crippen LogP contribution in [-0.4, -0.2) is 50.1 Å². The van der Waals surface area contributed by atoms with Crippen molar-refractivity contribution in [3.63, 3.8) is 0 Å². The fraction of sp³-hybridized carbons (Fsp3) is 0.595. The smallest absolute Gasteiger partial charge is 0.162 e. The molecule has 4 rings (SSSR count). The number of carbonyl (C=O) groups is 1. The van der Waals surface area contributed by atoms with Crippen molar-refractivity contribution in [3.05, 3.63) is 94.1 Å². The van der Waals surface area contributed by atoms with Crippen molar-refractivity contribution in [3.8, 4) is 0 Å². The molecule has 3 fully saturated rings. The highest BCUT2D eigenvalue weighted by Gasteiger charge is 2.64. The van der Waals surface area contributed by atoms with Crippen LogP contribution >= 0.6 is 0 Å². The minimum absolute atomic E-state index is 0.00560. The van der Waals surface area contributed by atoms with Crippen molar-refractivity contribution in [2.45, 2.75) is 135 Å². The summed E-state index contributed by atoms with van der Waals surface area (Å²) in [5, 5.41) is 46.7. The molecular weight excluding hydrogens is 612 g/mol. The fourth-order valence-corrected chi connectivity index (χ4v) is 9.10. The van der Waals surface area contributed by atoms with E-state index in [9.17, 15) is 25.2 Å². The number of rotatable bonds is 14. The predicted molar refractivity (Wildman–Crippen MR) is 198 cm³/mol. The summed E-state index contributed by atoms with van der Waals surface area (Å²) in [4.78, 5) is 13.9. The summed E-state index contributed by atoms with van der Waals surface area (Å²) in [7, 11) is 0. The molecular formula is C42H62N2O5. The SMILES string of the molecule is C=C(/C=C/C=C(/CO)[C@H]1CC[C@@]2([C@H](CCC3(O)CCCC3)/C(=C(\C)C(=O)Cc3cccc(C(N)N)c3)CC[C@@]2(C)O)[C@@H]1O)CCC=C(C)C. The fourth-order valence-electron chi connectivity index (χ4n) is 9.10. The van der Waals surface area contributed by atoms with Crippen LogP contribution in [0.3, 0.4) is 0 Å². The largest absolute Gasteiger partial charge is 0.392 e. The van der Waals surface area contributed by atoms with Crippen LogP contribution < -0.4 is 11.5 Å². The molecule has 0 unspecified atom stereocenters. The Morgan fingerprint density at radius 3 is 2.47 bits per heavy atom. The third kappa shape index (κ3) is 8.99. The summed E-state index contributed by atoms with van der Waals surface area (Å²) >= 11 is 0. The van der Waals surface area contributed by atoms with Crippen LogP contribution in [0.15, 0.2) is 83.0 Å². The van der Waals surface area contributed by atoms with E-state index < -0.39 is 28.9 Å². The number of allylic oxidation sites excluding steroid dienone is 8. The molecule has 49 heavy (non-hydrogen) atoms. The Morgan fingerprint density at radius 2 is 1.82 bits per heavy atom. The second-order valence-electron chi connectivity index (χ2n) is 15.7. The third-order valence-corrected chi connectivity index (χ3v) is 12.1. The number of nitrogens with two attached hydrogens (primary N) is 2. The van der Waals surface area contributed by atoms with Gasteiger partial charge in [-0.25, -0.2) is 0 Å². The Morgan fingerprint density at radius 1 is 1.10 bits per heavy atom. The molecule has 0 aliphatic heterocycles. The van der Waals surface area contributed by atoms with Gasteiger partial charge in [0.2, 0.25) is 0 Å². The van der Waals surface area contributed by atoms with Gasteiger partial charge < -0.3 is 31.9 Å². The molecule has 0 aromatic heterocycles. The first kappa shape index (κ1) is 39.1. The van der Waals surface area contributed by atoms with Gasteiger partial charge in [-0.1, -0.05) is 84.7 Å². The summed E-state index contributed by atoms with van der Waals surface area (Å²) in [6, 6.07) is 7.50. The van der Waals surface area contributed by atoms with Crippen LogP contribution in [0.1, 0.15) is 122 Å². The topological polar surface area (TPSA) is 150 Å². The summed E-state index contributed by atoms with van der Waals surface area (Å²) < 4.78 is 0. The maximum absolute atomic E-state index is 13.9. The lowest BCUT2D eigenvalue weighted by Crippen LogP contribution is -2.59. The first-order valence-electron chi connectivity index (χ1n) is 18.4. The highest BCUT2D eigenvalue weighted by atomic mass is 16.3. The third-order valence-electron chi connectivity index (χ3n) is 12.1. The minimum Gasteiger partial charge on any atom is -0.392 e. The molecule has 0 radical (unpaired) electrons. The van der Waals surface area contributed by atoms with E-state index in [2.05, 4.69) is 26.5 Å². The summed E-state index contributed by atoms with van der Waals surface area (Å²) in [6.45, 7) is 11.8. The predicted octanol–water partition coefficient (Wildman–Crippen LogP) is 6.81. The number of Topliss-reactive ketones (excluding diaryl/α,β-unsaturated/α-hetero) is 1. The van der Waals surface area contributed by atoms with E-state index in [1.54, 1.807) is 0 Å². The maximum atomic E-state index is 13.9. The number of ketones is 1. The second-order valence-corrected chi connectivity index (χ2v) is 15.7. The molecule has 0 heterocycles. The van der Waals surface area contributed by atoms with Gasteiger partial charge in [-0.15, -0.1) is 0 Å². The van der Waals surface area contributed by atoms with Gasteiger partial charge in [-0.2, -0.15) is 0 Å². The molecule has 7 heteroatoms. The van der Waals surface area contributed by atoms with E-state index in [1.807, 2.05) is 56.3 Å². The highest BCUT2D eigenvalue weighted by molar-refractivity contribution is 5.97. The monoisotopic (exact) mass is 674 g/mol. The first-order chi connectivity index (χ1) is 23.1. The molecule has 3 saturated carbocycles. The van der Waals surface area contributed by atoms with Gasteiger partial charge in [0.25, 0.3) is 0 Å². The van der Waals surface area contributed by atoms with Crippen LogP contribution in [0.4, 0.5) is 0 Å². The van der Waals surface area contributed by atoms with Crippen LogP contribution in [-0.2, 0) is 11.2 Å². The van der Waals surface area contributed by atoms with E-state index >= 15 is 0 Å². The van der Waals surface area contributed by atoms with Crippen LogP contribution in [0, 0.1) is 17.3 Å². The molecule has 1 aromatic rings. The van der Waals surface area contributed by atoms with Crippen LogP contribution in [0.25, 0.3) is 0 Å². The zero-order valence-electron chi connectivity index (χ0n) is 30.4. The molecule has 1 aromatic carbocycles. The zero-order valence-corrected chi connectivity index (χ0v) is 30.4. The van der Waals surface area contributed by atoms with Crippen molar-refractivity contribution >= 4 is 5.78 Å². The van der Waals surface area contributed by atoms with Gasteiger partial charge >= 0.3 is 0 Å². The molecule has 5 atom stereocenters. The van der Waals surface area contributed by atoms with E-state index in [0.717, 1.165) is 66.4 Å². The van der Waals surface area contributed by atoms with Crippen molar-refractivity contribution in [1.82, 2.24) is 0 Å². The van der Waals surface area contributed by atoms with Gasteiger partial charge in [-0.05, 0) is 120 Å². The molecule has 0 bridgehead atoms. The Kier molecular flexibility index (Phi) is 13.2. The van der Waals surface area contributed by atoms with Crippen molar-refractivity contribution in [1.29, 1.82) is 0 Å². The van der Waals surface area contributed by atoms with Gasteiger partial charge in [-0.3, -0.25) is 4.79 Å². The van der Waals surface area contributed by atoms with Crippen LogP contribution in [0.5, 0.6) is 0 Å². The molecule has 270 valence electrons. The van der Waals surface area contributed by atoms with Crippen molar-refractivity contribution in [2.24, 2.45) is 28.7 Å². The van der Waals surface area contributed by atoms with Gasteiger partial charge in [0, 0.05) is 17.8 Å². The van der Waals surface area contributed by atoms with Gasteiger partial charge in [0.05, 0.1) is 30.1 Å². The maximum Gasteiger partial charge on any atom is 0.162 e. The zero-order chi connectivity index (χ0) is 36.0. The number of hydrogen-bond acceptors (Lipinski definition) is 7. The number of carbonyl (C=O) groups excluding carboxylic acids is 1. The van der Waals surface area contributed by atoms with Gasteiger partial charge in [0.1, 0.15) is 0 Å². The molecule has 1 spiro atoms. The first-order valence-corrected chi connectivity index (χ1v) is 18.4. The Hall–Kier alpha value is -2.65. The Balaban J connectivity index is 1.68. The average Bonchev–Trinajstić information content (AvgIpc) is 3.64. The van der Waals surface area contributed by atoms with Crippen LogP contribution in [0.2, 0.25) is 0 Å². The summed E-state index contributed by atoms with van der Waals surface area (Å²) in [6.07, 6.45) is 15.0. The number of benzene rings is 1. The van der Waals surface area contributed by atoms with E-state index in [-0.39, 0.29) is 30.6 Å². The number of aliphatic hydroxyl groups excluding tert-OH is 2. The lowest BCUT2D eigenvalue weighted by Gasteiger charge is -2.56.